The van der Waals surface area contributed by atoms with Gasteiger partial charge in [-0.25, -0.2) is 0 Å². The number of aromatic nitrogens is 1. The lowest BCUT2D eigenvalue weighted by Gasteiger charge is -2.19. The molecule has 3 heteroatoms. The Hall–Kier alpha value is -0.410. The number of aliphatic hydroxyl groups is 1. The lowest BCUT2D eigenvalue weighted by molar-refractivity contribution is 0.160. The highest BCUT2D eigenvalue weighted by atomic mass is 32.1. The van der Waals surface area contributed by atoms with Gasteiger partial charge in [-0.3, -0.25) is 4.98 Å². The van der Waals surface area contributed by atoms with Crippen LogP contribution in [0, 0.1) is 5.41 Å². The summed E-state index contributed by atoms with van der Waals surface area (Å²) in [5, 5.41) is 8.98. The van der Waals surface area contributed by atoms with Crippen LogP contribution in [0.15, 0.2) is 11.7 Å². The summed E-state index contributed by atoms with van der Waals surface area (Å²) in [4.78, 5) is 5.22. The number of nitrogens with zero attached hydrogens (tertiary/aromatic N) is 1. The summed E-state index contributed by atoms with van der Waals surface area (Å²) in [5.74, 6) is 0. The van der Waals surface area contributed by atoms with Gasteiger partial charge in [0.25, 0.3) is 0 Å². The van der Waals surface area contributed by atoms with Crippen LogP contribution in [0.2, 0.25) is 0 Å². The standard InChI is InChI=1S/C8H13NOS/c1-8(2,5-10)3-7-4-9-6-11-7/h4,6,10H,3,5H2,1-2H3. The Bertz CT molecular complexity index is 206. The van der Waals surface area contributed by atoms with Gasteiger partial charge in [-0.15, -0.1) is 11.3 Å². The lowest BCUT2D eigenvalue weighted by Crippen LogP contribution is -2.18. The number of hydrogen-bond donors (Lipinski definition) is 1. The first kappa shape index (κ1) is 8.68. The van der Waals surface area contributed by atoms with Crippen molar-refractivity contribution in [3.63, 3.8) is 0 Å². The van der Waals surface area contributed by atoms with Crippen molar-refractivity contribution in [3.05, 3.63) is 16.6 Å². The molecule has 0 aliphatic heterocycles. The molecule has 0 amide bonds. The molecule has 0 radical (unpaired) electrons. The van der Waals surface area contributed by atoms with Gasteiger partial charge in [0.1, 0.15) is 0 Å². The molecule has 1 aromatic rings. The van der Waals surface area contributed by atoms with E-state index in [1.54, 1.807) is 11.3 Å². The summed E-state index contributed by atoms with van der Waals surface area (Å²) in [6, 6.07) is 0. The smallest absolute Gasteiger partial charge is 0.0794 e. The molecule has 0 aliphatic rings. The summed E-state index contributed by atoms with van der Waals surface area (Å²) in [5.41, 5.74) is 1.81. The summed E-state index contributed by atoms with van der Waals surface area (Å²) >= 11 is 1.64. The van der Waals surface area contributed by atoms with Gasteiger partial charge in [0.15, 0.2) is 0 Å². The van der Waals surface area contributed by atoms with Crippen LogP contribution in [-0.2, 0) is 6.42 Å². The monoisotopic (exact) mass is 171 g/mol. The second-order valence-electron chi connectivity index (χ2n) is 3.47. The van der Waals surface area contributed by atoms with Gasteiger partial charge in [0.05, 0.1) is 5.51 Å². The zero-order valence-corrected chi connectivity index (χ0v) is 7.69. The third kappa shape index (κ3) is 2.60. The van der Waals surface area contributed by atoms with Crippen molar-refractivity contribution >= 4 is 11.3 Å². The van der Waals surface area contributed by atoms with Gasteiger partial charge in [-0.1, -0.05) is 13.8 Å². The second kappa shape index (κ2) is 3.32. The number of thiazole rings is 1. The Labute approximate surface area is 70.9 Å². The van der Waals surface area contributed by atoms with Gasteiger partial charge in [0, 0.05) is 17.7 Å². The fourth-order valence-electron chi connectivity index (χ4n) is 0.857. The van der Waals surface area contributed by atoms with Crippen LogP contribution < -0.4 is 0 Å². The van der Waals surface area contributed by atoms with E-state index in [1.807, 2.05) is 25.6 Å². The van der Waals surface area contributed by atoms with Crippen molar-refractivity contribution in [3.8, 4) is 0 Å². The van der Waals surface area contributed by atoms with Gasteiger partial charge in [-0.2, -0.15) is 0 Å². The number of hydrogen-bond acceptors (Lipinski definition) is 3. The van der Waals surface area contributed by atoms with Gasteiger partial charge in [0.2, 0.25) is 0 Å². The van der Waals surface area contributed by atoms with Gasteiger partial charge >= 0.3 is 0 Å². The molecule has 0 aromatic carbocycles. The van der Waals surface area contributed by atoms with Crippen molar-refractivity contribution in [2.45, 2.75) is 20.3 Å². The maximum absolute atomic E-state index is 8.98. The van der Waals surface area contributed by atoms with Crippen LogP contribution in [0.25, 0.3) is 0 Å². The maximum atomic E-state index is 8.98. The minimum Gasteiger partial charge on any atom is -0.396 e. The van der Waals surface area contributed by atoms with E-state index in [0.717, 1.165) is 6.42 Å². The molecule has 1 rings (SSSR count). The highest BCUT2D eigenvalue weighted by molar-refractivity contribution is 7.09. The molecule has 1 N–H and O–H groups in total. The van der Waals surface area contributed by atoms with E-state index in [9.17, 15) is 0 Å². The van der Waals surface area contributed by atoms with Crippen molar-refractivity contribution in [2.75, 3.05) is 6.61 Å². The average molecular weight is 171 g/mol. The molecule has 0 aliphatic carbocycles. The second-order valence-corrected chi connectivity index (χ2v) is 4.44. The Morgan fingerprint density at radius 2 is 2.36 bits per heavy atom. The van der Waals surface area contributed by atoms with Crippen LogP contribution in [0.1, 0.15) is 18.7 Å². The van der Waals surface area contributed by atoms with Crippen molar-refractivity contribution in [2.24, 2.45) is 5.41 Å². The quantitative estimate of drug-likeness (QED) is 0.751. The molecule has 0 atom stereocenters. The molecule has 11 heavy (non-hydrogen) atoms. The maximum Gasteiger partial charge on any atom is 0.0794 e. The van der Waals surface area contributed by atoms with Crippen LogP contribution in [0.5, 0.6) is 0 Å². The molecular weight excluding hydrogens is 158 g/mol. The van der Waals surface area contributed by atoms with Crippen molar-refractivity contribution in [1.82, 2.24) is 4.98 Å². The SMILES string of the molecule is CC(C)(CO)Cc1cncs1. The minimum absolute atomic E-state index is 0.00741. The first-order valence-corrected chi connectivity index (χ1v) is 4.50. The molecule has 1 aromatic heterocycles. The summed E-state index contributed by atoms with van der Waals surface area (Å²) in [6.07, 6.45) is 2.77. The van der Waals surface area contributed by atoms with Crippen molar-refractivity contribution in [1.29, 1.82) is 0 Å². The van der Waals surface area contributed by atoms with Crippen LogP contribution >= 0.6 is 11.3 Å². The minimum atomic E-state index is -0.00741. The average Bonchev–Trinajstić information content (AvgIpc) is 2.39. The van der Waals surface area contributed by atoms with Gasteiger partial charge in [-0.05, 0) is 11.8 Å². The Kier molecular flexibility index (Phi) is 2.62. The predicted octanol–water partition coefficient (Wildman–Crippen LogP) is 1.70. The van der Waals surface area contributed by atoms with E-state index in [2.05, 4.69) is 4.98 Å². The molecule has 0 spiro atoms. The molecule has 0 fully saturated rings. The summed E-state index contributed by atoms with van der Waals surface area (Å²) in [6.45, 7) is 4.32. The predicted molar refractivity (Wildman–Crippen MR) is 46.7 cm³/mol. The Balaban J connectivity index is 2.56. The third-order valence-electron chi connectivity index (χ3n) is 1.56. The van der Waals surface area contributed by atoms with Crippen LogP contribution in [0.4, 0.5) is 0 Å². The zero-order chi connectivity index (χ0) is 8.32. The first-order valence-electron chi connectivity index (χ1n) is 3.62. The van der Waals surface area contributed by atoms with Crippen LogP contribution in [0.3, 0.4) is 0 Å². The van der Waals surface area contributed by atoms with Gasteiger partial charge < -0.3 is 5.11 Å². The van der Waals surface area contributed by atoms with Crippen LogP contribution in [-0.4, -0.2) is 16.7 Å². The normalized spacial score (nSPS) is 11.9. The highest BCUT2D eigenvalue weighted by Gasteiger charge is 2.17. The lowest BCUT2D eigenvalue weighted by atomic mass is 9.90. The van der Waals surface area contributed by atoms with E-state index >= 15 is 0 Å². The molecule has 1 heterocycles. The fourth-order valence-corrected chi connectivity index (χ4v) is 1.71. The molecule has 62 valence electrons. The van der Waals surface area contributed by atoms with E-state index in [0.29, 0.717) is 0 Å². The molecule has 0 unspecified atom stereocenters. The zero-order valence-electron chi connectivity index (χ0n) is 6.87. The number of rotatable bonds is 3. The van der Waals surface area contributed by atoms with E-state index in [4.69, 9.17) is 5.11 Å². The Morgan fingerprint density at radius 3 is 2.82 bits per heavy atom. The topological polar surface area (TPSA) is 33.1 Å². The first-order chi connectivity index (χ1) is 5.14. The largest absolute Gasteiger partial charge is 0.396 e. The number of aliphatic hydroxyl groups excluding tert-OH is 1. The van der Waals surface area contributed by atoms with Crippen molar-refractivity contribution < 1.29 is 5.11 Å². The van der Waals surface area contributed by atoms with E-state index in [1.165, 1.54) is 4.88 Å². The molecule has 0 saturated heterocycles. The molecule has 0 bridgehead atoms. The van der Waals surface area contributed by atoms with E-state index in [-0.39, 0.29) is 12.0 Å². The molecule has 2 nitrogen and oxygen atoms in total. The molecule has 0 saturated carbocycles. The summed E-state index contributed by atoms with van der Waals surface area (Å²) in [7, 11) is 0. The third-order valence-corrected chi connectivity index (χ3v) is 2.34. The highest BCUT2D eigenvalue weighted by Crippen LogP contribution is 2.22. The fraction of sp³-hybridized carbons (Fsp3) is 0.625. The van der Waals surface area contributed by atoms with E-state index < -0.39 is 0 Å². The summed E-state index contributed by atoms with van der Waals surface area (Å²) < 4.78 is 0. The Morgan fingerprint density at radius 1 is 1.64 bits per heavy atom. The molecular formula is C8H13NOS.